The Kier molecular flexibility index (Phi) is 4.18. The van der Waals surface area contributed by atoms with Crippen molar-refractivity contribution in [2.24, 2.45) is 0 Å². The quantitative estimate of drug-likeness (QED) is 0.695. The summed E-state index contributed by atoms with van der Waals surface area (Å²) in [6.45, 7) is -0.960. The number of carboxylic acids is 1. The standard InChI is InChI=1S/C8H10F2N2O4S/c9-7(10)3-12-17(15,16)4-5-1-6(8(13)14)11-2-5/h1-2,7,11-12H,3-4H2,(H,13,14). The molecule has 0 aliphatic rings. The van der Waals surface area contributed by atoms with E-state index in [0.717, 1.165) is 6.07 Å². The molecule has 0 saturated heterocycles. The Bertz CT molecular complexity index is 497. The molecule has 0 aliphatic carbocycles. The first-order chi connectivity index (χ1) is 7.80. The van der Waals surface area contributed by atoms with Gasteiger partial charge in [0.05, 0.1) is 12.3 Å². The summed E-state index contributed by atoms with van der Waals surface area (Å²) in [5.74, 6) is -1.78. The van der Waals surface area contributed by atoms with Gasteiger partial charge in [0, 0.05) is 6.20 Å². The minimum atomic E-state index is -3.88. The fourth-order valence-corrected chi connectivity index (χ4v) is 2.19. The van der Waals surface area contributed by atoms with Crippen molar-refractivity contribution >= 4 is 16.0 Å². The summed E-state index contributed by atoms with van der Waals surface area (Å²) >= 11 is 0. The van der Waals surface area contributed by atoms with Crippen molar-refractivity contribution in [2.45, 2.75) is 12.2 Å². The van der Waals surface area contributed by atoms with Crippen LogP contribution in [-0.4, -0.2) is 37.4 Å². The predicted octanol–water partition coefficient (Wildman–Crippen LogP) is 0.397. The number of sulfonamides is 1. The molecule has 0 aromatic carbocycles. The van der Waals surface area contributed by atoms with Gasteiger partial charge in [-0.1, -0.05) is 0 Å². The van der Waals surface area contributed by atoms with Crippen molar-refractivity contribution in [3.05, 3.63) is 23.5 Å². The molecule has 0 aliphatic heterocycles. The second-order valence-electron chi connectivity index (χ2n) is 3.23. The van der Waals surface area contributed by atoms with Gasteiger partial charge in [-0.05, 0) is 11.6 Å². The normalized spacial score (nSPS) is 11.9. The Morgan fingerprint density at radius 2 is 2.18 bits per heavy atom. The zero-order valence-corrected chi connectivity index (χ0v) is 9.30. The van der Waals surface area contributed by atoms with Gasteiger partial charge in [0.25, 0.3) is 6.43 Å². The summed E-state index contributed by atoms with van der Waals surface area (Å²) in [6.07, 6.45) is -1.57. The number of H-pyrrole nitrogens is 1. The zero-order chi connectivity index (χ0) is 13.1. The summed E-state index contributed by atoms with van der Waals surface area (Å²) in [4.78, 5) is 12.9. The van der Waals surface area contributed by atoms with Crippen molar-refractivity contribution in [1.82, 2.24) is 9.71 Å². The number of carboxylic acid groups (broad SMARTS) is 1. The molecule has 9 heteroatoms. The van der Waals surface area contributed by atoms with E-state index in [1.165, 1.54) is 6.20 Å². The van der Waals surface area contributed by atoms with Crippen LogP contribution in [0.15, 0.2) is 12.3 Å². The minimum absolute atomic E-state index is 0.163. The van der Waals surface area contributed by atoms with Crippen molar-refractivity contribution in [2.75, 3.05) is 6.54 Å². The highest BCUT2D eigenvalue weighted by molar-refractivity contribution is 7.88. The van der Waals surface area contributed by atoms with Crippen LogP contribution in [0.4, 0.5) is 8.78 Å². The molecule has 0 bridgehead atoms. The van der Waals surface area contributed by atoms with E-state index in [2.05, 4.69) is 4.98 Å². The summed E-state index contributed by atoms with van der Waals surface area (Å²) in [7, 11) is -3.88. The van der Waals surface area contributed by atoms with Gasteiger partial charge >= 0.3 is 5.97 Å². The largest absolute Gasteiger partial charge is 0.477 e. The van der Waals surface area contributed by atoms with Crippen molar-refractivity contribution < 1.29 is 27.1 Å². The van der Waals surface area contributed by atoms with Crippen LogP contribution < -0.4 is 4.72 Å². The van der Waals surface area contributed by atoms with E-state index >= 15 is 0 Å². The van der Waals surface area contributed by atoms with Crippen molar-refractivity contribution in [1.29, 1.82) is 0 Å². The van der Waals surface area contributed by atoms with Crippen molar-refractivity contribution in [3.8, 4) is 0 Å². The smallest absolute Gasteiger partial charge is 0.352 e. The highest BCUT2D eigenvalue weighted by Crippen LogP contribution is 2.07. The number of aromatic amines is 1. The number of aromatic carboxylic acids is 1. The number of hydrogen-bond acceptors (Lipinski definition) is 3. The summed E-state index contributed by atoms with van der Waals surface area (Å²) < 4.78 is 47.9. The molecule has 1 rings (SSSR count). The van der Waals surface area contributed by atoms with E-state index in [1.54, 1.807) is 4.72 Å². The lowest BCUT2D eigenvalue weighted by atomic mass is 10.3. The Balaban J connectivity index is 2.66. The SMILES string of the molecule is O=C(O)c1cc(CS(=O)(=O)NCC(F)F)c[nH]1. The third-order valence-corrected chi connectivity index (χ3v) is 3.11. The van der Waals surface area contributed by atoms with Gasteiger partial charge in [-0.2, -0.15) is 0 Å². The number of alkyl halides is 2. The molecule has 1 heterocycles. The molecule has 0 spiro atoms. The molecule has 3 N–H and O–H groups in total. The number of halogens is 2. The number of rotatable bonds is 6. The van der Waals surface area contributed by atoms with E-state index in [9.17, 15) is 22.0 Å². The van der Waals surface area contributed by atoms with Crippen LogP contribution in [0.2, 0.25) is 0 Å². The first-order valence-electron chi connectivity index (χ1n) is 4.46. The fraction of sp³-hybridized carbons (Fsp3) is 0.375. The van der Waals surface area contributed by atoms with Gasteiger partial charge in [0.2, 0.25) is 10.0 Å². The van der Waals surface area contributed by atoms with Gasteiger partial charge in [0.1, 0.15) is 5.69 Å². The molecule has 0 amide bonds. The molecular weight excluding hydrogens is 258 g/mol. The first-order valence-corrected chi connectivity index (χ1v) is 6.11. The lowest BCUT2D eigenvalue weighted by molar-refractivity contribution is 0.0691. The van der Waals surface area contributed by atoms with Crippen LogP contribution in [-0.2, 0) is 15.8 Å². The van der Waals surface area contributed by atoms with Crippen LogP contribution in [0.3, 0.4) is 0 Å². The van der Waals surface area contributed by atoms with Gasteiger partial charge < -0.3 is 10.1 Å². The Hall–Kier alpha value is -1.48. The van der Waals surface area contributed by atoms with Gasteiger partial charge in [0.15, 0.2) is 0 Å². The highest BCUT2D eigenvalue weighted by atomic mass is 32.2. The lowest BCUT2D eigenvalue weighted by Crippen LogP contribution is -2.29. The second kappa shape index (κ2) is 5.23. The minimum Gasteiger partial charge on any atom is -0.477 e. The Labute approximate surface area is 95.7 Å². The van der Waals surface area contributed by atoms with E-state index in [-0.39, 0.29) is 11.3 Å². The van der Waals surface area contributed by atoms with Crippen molar-refractivity contribution in [3.63, 3.8) is 0 Å². The summed E-state index contributed by atoms with van der Waals surface area (Å²) in [5, 5.41) is 8.58. The van der Waals surface area contributed by atoms with Gasteiger partial charge in [-0.3, -0.25) is 0 Å². The molecule has 0 unspecified atom stereocenters. The molecule has 6 nitrogen and oxygen atoms in total. The van der Waals surface area contributed by atoms with Gasteiger partial charge in [-0.25, -0.2) is 26.7 Å². The van der Waals surface area contributed by atoms with Crippen LogP contribution in [0.1, 0.15) is 16.1 Å². The molecule has 96 valence electrons. The molecule has 0 radical (unpaired) electrons. The maximum Gasteiger partial charge on any atom is 0.352 e. The maximum absolute atomic E-state index is 11.8. The average Bonchev–Trinajstić information content (AvgIpc) is 2.63. The molecule has 0 saturated carbocycles. The number of hydrogen-bond donors (Lipinski definition) is 3. The third-order valence-electron chi connectivity index (χ3n) is 1.79. The highest BCUT2D eigenvalue weighted by Gasteiger charge is 2.16. The summed E-state index contributed by atoms with van der Waals surface area (Å²) in [6, 6.07) is 1.13. The molecule has 1 aromatic heterocycles. The van der Waals surface area contributed by atoms with Crippen LogP contribution >= 0.6 is 0 Å². The van der Waals surface area contributed by atoms with E-state index in [4.69, 9.17) is 5.11 Å². The molecular formula is C8H10F2N2O4S. The van der Waals surface area contributed by atoms with Crippen LogP contribution in [0, 0.1) is 0 Å². The topological polar surface area (TPSA) is 99.3 Å². The van der Waals surface area contributed by atoms with Gasteiger partial charge in [-0.15, -0.1) is 0 Å². The Morgan fingerprint density at radius 3 is 2.65 bits per heavy atom. The zero-order valence-electron chi connectivity index (χ0n) is 8.48. The first kappa shape index (κ1) is 13.6. The van der Waals surface area contributed by atoms with E-state index in [1.807, 2.05) is 0 Å². The fourth-order valence-electron chi connectivity index (χ4n) is 1.11. The maximum atomic E-state index is 11.8. The van der Waals surface area contributed by atoms with Crippen LogP contribution in [0.25, 0.3) is 0 Å². The molecule has 0 fully saturated rings. The van der Waals surface area contributed by atoms with Crippen LogP contribution in [0.5, 0.6) is 0 Å². The van der Waals surface area contributed by atoms with E-state index in [0.29, 0.717) is 0 Å². The predicted molar refractivity (Wildman–Crippen MR) is 54.4 cm³/mol. The Morgan fingerprint density at radius 1 is 1.53 bits per heavy atom. The number of nitrogens with one attached hydrogen (secondary N) is 2. The second-order valence-corrected chi connectivity index (χ2v) is 5.03. The lowest BCUT2D eigenvalue weighted by Gasteiger charge is -2.04. The molecule has 0 atom stereocenters. The average molecular weight is 268 g/mol. The summed E-state index contributed by atoms with van der Waals surface area (Å²) in [5.41, 5.74) is 0.0215. The van der Waals surface area contributed by atoms with E-state index < -0.39 is 34.7 Å². The number of carbonyl (C=O) groups is 1. The number of aromatic nitrogens is 1. The monoisotopic (exact) mass is 268 g/mol. The third kappa shape index (κ3) is 4.49. The molecule has 17 heavy (non-hydrogen) atoms. The molecule has 1 aromatic rings.